The van der Waals surface area contributed by atoms with E-state index < -0.39 is 0 Å². The molecular formula is C19H18ClN3O3. The Hall–Kier alpha value is -2.83. The summed E-state index contributed by atoms with van der Waals surface area (Å²) in [4.78, 5) is 28.2. The van der Waals surface area contributed by atoms with Crippen molar-refractivity contribution < 1.29 is 14.3 Å². The van der Waals surface area contributed by atoms with Gasteiger partial charge in [0.1, 0.15) is 5.69 Å². The summed E-state index contributed by atoms with van der Waals surface area (Å²) in [6.07, 6.45) is 0. The molecule has 3 N–H and O–H groups in total. The number of para-hydroxylation sites is 1. The summed E-state index contributed by atoms with van der Waals surface area (Å²) < 4.78 is 4.94. The molecule has 0 unspecified atom stereocenters. The first-order valence-corrected chi connectivity index (χ1v) is 8.42. The van der Waals surface area contributed by atoms with Crippen LogP contribution < -0.4 is 10.6 Å². The maximum atomic E-state index is 12.6. The Balaban J connectivity index is 1.92. The number of aromatic nitrogens is 1. The van der Waals surface area contributed by atoms with Crippen LogP contribution in [0.1, 0.15) is 20.8 Å². The molecule has 0 atom stereocenters. The highest BCUT2D eigenvalue weighted by Crippen LogP contribution is 2.28. The van der Waals surface area contributed by atoms with Crippen molar-refractivity contribution in [3.8, 4) is 0 Å². The average molecular weight is 372 g/mol. The minimum atomic E-state index is -0.322. The molecule has 2 amide bonds. The van der Waals surface area contributed by atoms with Gasteiger partial charge in [-0.15, -0.1) is 0 Å². The summed E-state index contributed by atoms with van der Waals surface area (Å²) in [7, 11) is 1.56. The van der Waals surface area contributed by atoms with E-state index in [0.29, 0.717) is 35.1 Å². The smallest absolute Gasteiger partial charge is 0.269 e. The predicted molar refractivity (Wildman–Crippen MR) is 102 cm³/mol. The molecule has 0 saturated heterocycles. The third kappa shape index (κ3) is 3.87. The molecule has 1 heterocycles. The minimum Gasteiger partial charge on any atom is -0.383 e. The minimum absolute atomic E-state index is 0.296. The van der Waals surface area contributed by atoms with Gasteiger partial charge in [-0.3, -0.25) is 9.59 Å². The maximum Gasteiger partial charge on any atom is 0.269 e. The van der Waals surface area contributed by atoms with E-state index in [4.69, 9.17) is 16.3 Å². The molecule has 0 aliphatic rings. The lowest BCUT2D eigenvalue weighted by Gasteiger charge is -2.08. The van der Waals surface area contributed by atoms with Crippen LogP contribution in [0.4, 0.5) is 5.69 Å². The number of hydrogen-bond acceptors (Lipinski definition) is 3. The van der Waals surface area contributed by atoms with Gasteiger partial charge < -0.3 is 20.4 Å². The zero-order chi connectivity index (χ0) is 18.5. The Labute approximate surface area is 155 Å². The summed E-state index contributed by atoms with van der Waals surface area (Å²) in [5, 5.41) is 6.90. The first kappa shape index (κ1) is 18.0. The van der Waals surface area contributed by atoms with Crippen molar-refractivity contribution >= 4 is 40.0 Å². The highest BCUT2D eigenvalue weighted by molar-refractivity contribution is 6.30. The lowest BCUT2D eigenvalue weighted by molar-refractivity contribution is 0.0934. The quantitative estimate of drug-likeness (QED) is 0.580. The van der Waals surface area contributed by atoms with Gasteiger partial charge in [-0.2, -0.15) is 0 Å². The number of carbonyl (C=O) groups is 2. The molecule has 3 aromatic rings. The Morgan fingerprint density at radius 1 is 1.08 bits per heavy atom. The number of methoxy groups -OCH3 is 1. The average Bonchev–Trinajstić information content (AvgIpc) is 3.01. The molecule has 0 spiro atoms. The van der Waals surface area contributed by atoms with Crippen LogP contribution in [0, 0.1) is 0 Å². The van der Waals surface area contributed by atoms with E-state index in [-0.39, 0.29) is 11.8 Å². The largest absolute Gasteiger partial charge is 0.383 e. The van der Waals surface area contributed by atoms with Crippen LogP contribution >= 0.6 is 11.6 Å². The molecule has 2 aromatic carbocycles. The number of nitrogens with one attached hydrogen (secondary N) is 3. The van der Waals surface area contributed by atoms with Crippen molar-refractivity contribution in [1.82, 2.24) is 10.3 Å². The van der Waals surface area contributed by atoms with Gasteiger partial charge in [0, 0.05) is 35.1 Å². The zero-order valence-corrected chi connectivity index (χ0v) is 14.9. The van der Waals surface area contributed by atoms with Crippen LogP contribution in [0.15, 0.2) is 48.5 Å². The third-order valence-electron chi connectivity index (χ3n) is 3.87. The lowest BCUT2D eigenvalue weighted by Crippen LogP contribution is -2.28. The summed E-state index contributed by atoms with van der Waals surface area (Å²) in [6, 6.07) is 13.9. The molecule has 0 fully saturated rings. The van der Waals surface area contributed by atoms with E-state index in [2.05, 4.69) is 15.6 Å². The molecule has 3 rings (SSSR count). The van der Waals surface area contributed by atoms with Gasteiger partial charge in [0.05, 0.1) is 12.3 Å². The molecule has 6 nitrogen and oxygen atoms in total. The van der Waals surface area contributed by atoms with E-state index in [1.54, 1.807) is 31.4 Å². The standard InChI is InChI=1S/C19H18ClN3O3/c1-26-11-10-21-19(25)17-16(14-4-2-3-5-15(14)22-17)23-18(24)12-6-8-13(20)9-7-12/h2-9,22H,10-11H2,1H3,(H,21,25)(H,23,24). The van der Waals surface area contributed by atoms with Gasteiger partial charge >= 0.3 is 0 Å². The third-order valence-corrected chi connectivity index (χ3v) is 4.12. The van der Waals surface area contributed by atoms with Crippen molar-refractivity contribution in [1.29, 1.82) is 0 Å². The van der Waals surface area contributed by atoms with Crippen LogP contribution in [0.25, 0.3) is 10.9 Å². The van der Waals surface area contributed by atoms with Crippen LogP contribution in [-0.4, -0.2) is 37.1 Å². The number of fused-ring (bicyclic) bond motifs is 1. The number of H-pyrrole nitrogens is 1. The number of aromatic amines is 1. The SMILES string of the molecule is COCCNC(=O)c1[nH]c2ccccc2c1NC(=O)c1ccc(Cl)cc1. The van der Waals surface area contributed by atoms with Gasteiger partial charge in [-0.05, 0) is 30.3 Å². The number of ether oxygens (including phenoxy) is 1. The van der Waals surface area contributed by atoms with Gasteiger partial charge in [-0.1, -0.05) is 29.8 Å². The second-order valence-corrected chi connectivity index (χ2v) is 6.07. The molecular weight excluding hydrogens is 354 g/mol. The Morgan fingerprint density at radius 2 is 1.81 bits per heavy atom. The van der Waals surface area contributed by atoms with E-state index in [1.165, 1.54) is 0 Å². The summed E-state index contributed by atoms with van der Waals surface area (Å²) >= 11 is 5.86. The normalized spacial score (nSPS) is 10.7. The topological polar surface area (TPSA) is 83.2 Å². The van der Waals surface area contributed by atoms with E-state index in [0.717, 1.165) is 10.9 Å². The Bertz CT molecular complexity index is 935. The second kappa shape index (κ2) is 8.03. The molecule has 134 valence electrons. The van der Waals surface area contributed by atoms with Crippen molar-refractivity contribution in [3.63, 3.8) is 0 Å². The van der Waals surface area contributed by atoms with Crippen molar-refractivity contribution in [2.24, 2.45) is 0 Å². The first-order chi connectivity index (χ1) is 12.6. The van der Waals surface area contributed by atoms with E-state index in [9.17, 15) is 9.59 Å². The van der Waals surface area contributed by atoms with Crippen LogP contribution in [0.3, 0.4) is 0 Å². The monoisotopic (exact) mass is 371 g/mol. The summed E-state index contributed by atoms with van der Waals surface area (Å²) in [5.41, 5.74) is 1.95. The van der Waals surface area contributed by atoms with Crippen molar-refractivity contribution in [3.05, 3.63) is 64.8 Å². The molecule has 26 heavy (non-hydrogen) atoms. The second-order valence-electron chi connectivity index (χ2n) is 5.63. The van der Waals surface area contributed by atoms with Crippen LogP contribution in [0.5, 0.6) is 0 Å². The van der Waals surface area contributed by atoms with Gasteiger partial charge in [0.15, 0.2) is 0 Å². The zero-order valence-electron chi connectivity index (χ0n) is 14.1. The van der Waals surface area contributed by atoms with Crippen molar-refractivity contribution in [2.45, 2.75) is 0 Å². The molecule has 0 aliphatic heterocycles. The number of rotatable bonds is 6. The fourth-order valence-electron chi connectivity index (χ4n) is 2.58. The predicted octanol–water partition coefficient (Wildman–Crippen LogP) is 3.45. The number of amides is 2. The van der Waals surface area contributed by atoms with Gasteiger partial charge in [-0.25, -0.2) is 0 Å². The highest BCUT2D eigenvalue weighted by atomic mass is 35.5. The lowest BCUT2D eigenvalue weighted by atomic mass is 10.1. The fraction of sp³-hybridized carbons (Fsp3) is 0.158. The molecule has 0 radical (unpaired) electrons. The van der Waals surface area contributed by atoms with E-state index >= 15 is 0 Å². The number of halogens is 1. The number of hydrogen-bond donors (Lipinski definition) is 3. The molecule has 0 saturated carbocycles. The van der Waals surface area contributed by atoms with Crippen LogP contribution in [0.2, 0.25) is 5.02 Å². The molecule has 1 aromatic heterocycles. The maximum absolute atomic E-state index is 12.6. The number of anilines is 1. The van der Waals surface area contributed by atoms with Gasteiger partial charge in [0.2, 0.25) is 0 Å². The van der Waals surface area contributed by atoms with Crippen LogP contribution in [-0.2, 0) is 4.74 Å². The Kier molecular flexibility index (Phi) is 5.55. The number of carbonyl (C=O) groups excluding carboxylic acids is 2. The summed E-state index contributed by atoms with van der Waals surface area (Å²) in [6.45, 7) is 0.772. The van der Waals surface area contributed by atoms with Crippen molar-refractivity contribution in [2.75, 3.05) is 25.6 Å². The molecule has 0 aliphatic carbocycles. The van der Waals surface area contributed by atoms with E-state index in [1.807, 2.05) is 24.3 Å². The highest BCUT2D eigenvalue weighted by Gasteiger charge is 2.19. The number of benzene rings is 2. The Morgan fingerprint density at radius 3 is 2.54 bits per heavy atom. The fourth-order valence-corrected chi connectivity index (χ4v) is 2.71. The molecule has 0 bridgehead atoms. The molecule has 7 heteroatoms. The van der Waals surface area contributed by atoms with Gasteiger partial charge in [0.25, 0.3) is 11.8 Å². The summed E-state index contributed by atoms with van der Waals surface area (Å²) in [5.74, 6) is -0.637. The first-order valence-electron chi connectivity index (χ1n) is 8.05.